The molecule has 1 aromatic carbocycles. The minimum absolute atomic E-state index is 1.03. The zero-order valence-corrected chi connectivity index (χ0v) is 8.67. The lowest BCUT2D eigenvalue weighted by Gasteiger charge is -2.13. The van der Waals surface area contributed by atoms with E-state index in [0.29, 0.717) is 0 Å². The van der Waals surface area contributed by atoms with Crippen molar-refractivity contribution in [1.82, 2.24) is 4.90 Å². The Bertz CT molecular complexity index is 241. The molecule has 13 heavy (non-hydrogen) atoms. The van der Waals surface area contributed by atoms with Gasteiger partial charge in [0.25, 0.3) is 0 Å². The van der Waals surface area contributed by atoms with Gasteiger partial charge in [-0.25, -0.2) is 0 Å². The van der Waals surface area contributed by atoms with Crippen molar-refractivity contribution in [3.63, 3.8) is 0 Å². The molecule has 1 rings (SSSR count). The van der Waals surface area contributed by atoms with Gasteiger partial charge in [0.05, 0.1) is 0 Å². The van der Waals surface area contributed by atoms with Crippen LogP contribution in [0.2, 0.25) is 0 Å². The van der Waals surface area contributed by atoms with E-state index in [9.17, 15) is 0 Å². The molecule has 0 fully saturated rings. The molecular formula is C11H18N2. The number of anilines is 1. The van der Waals surface area contributed by atoms with Crippen LogP contribution in [-0.2, 0) is 6.54 Å². The summed E-state index contributed by atoms with van der Waals surface area (Å²) in [5.74, 6) is 0. The minimum atomic E-state index is 1.03. The summed E-state index contributed by atoms with van der Waals surface area (Å²) in [6.07, 6.45) is 0. The monoisotopic (exact) mass is 178 g/mol. The predicted octanol–water partition coefficient (Wildman–Crippen LogP) is 2.18. The van der Waals surface area contributed by atoms with Crippen LogP contribution < -0.4 is 5.32 Å². The number of hydrogen-bond donors (Lipinski definition) is 1. The molecule has 0 amide bonds. The Kier molecular flexibility index (Phi) is 3.77. The third kappa shape index (κ3) is 3.07. The maximum Gasteiger partial charge on any atom is 0.0337 e. The van der Waals surface area contributed by atoms with Gasteiger partial charge in [-0.05, 0) is 31.3 Å². The molecule has 0 aliphatic heterocycles. The van der Waals surface area contributed by atoms with Crippen LogP contribution in [-0.4, -0.2) is 25.5 Å². The summed E-state index contributed by atoms with van der Waals surface area (Å²) in [5, 5.41) is 3.11. The Balaban J connectivity index is 2.58. The molecule has 0 bridgehead atoms. The van der Waals surface area contributed by atoms with Crippen molar-refractivity contribution in [2.45, 2.75) is 13.5 Å². The molecule has 0 aliphatic carbocycles. The topological polar surface area (TPSA) is 15.3 Å². The highest BCUT2D eigenvalue weighted by Crippen LogP contribution is 2.09. The Morgan fingerprint density at radius 3 is 2.31 bits per heavy atom. The molecule has 0 atom stereocenters. The zero-order valence-electron chi connectivity index (χ0n) is 8.67. The van der Waals surface area contributed by atoms with E-state index in [4.69, 9.17) is 0 Å². The highest BCUT2D eigenvalue weighted by atomic mass is 15.1. The molecule has 0 unspecified atom stereocenters. The quantitative estimate of drug-likeness (QED) is 0.760. The third-order valence-electron chi connectivity index (χ3n) is 2.23. The normalized spacial score (nSPS) is 10.5. The fraction of sp³-hybridized carbons (Fsp3) is 0.455. The van der Waals surface area contributed by atoms with Gasteiger partial charge in [0, 0.05) is 19.3 Å². The average molecular weight is 178 g/mol. The molecule has 0 aromatic heterocycles. The largest absolute Gasteiger partial charge is 0.388 e. The maximum absolute atomic E-state index is 3.11. The highest BCUT2D eigenvalue weighted by molar-refractivity contribution is 5.43. The first-order chi connectivity index (χ1) is 6.26. The van der Waals surface area contributed by atoms with E-state index in [-0.39, 0.29) is 0 Å². The van der Waals surface area contributed by atoms with Crippen molar-refractivity contribution >= 4 is 5.69 Å². The number of hydrogen-bond acceptors (Lipinski definition) is 2. The van der Waals surface area contributed by atoms with Gasteiger partial charge in [-0.15, -0.1) is 0 Å². The van der Waals surface area contributed by atoms with E-state index >= 15 is 0 Å². The first kappa shape index (κ1) is 10.1. The van der Waals surface area contributed by atoms with Crippen molar-refractivity contribution in [2.75, 3.05) is 26.0 Å². The van der Waals surface area contributed by atoms with Crippen molar-refractivity contribution < 1.29 is 0 Å². The molecule has 1 aromatic rings. The molecule has 2 nitrogen and oxygen atoms in total. The number of nitrogens with one attached hydrogen (secondary N) is 1. The van der Waals surface area contributed by atoms with E-state index in [2.05, 4.69) is 48.5 Å². The van der Waals surface area contributed by atoms with Crippen LogP contribution in [0.5, 0.6) is 0 Å². The van der Waals surface area contributed by atoms with Crippen molar-refractivity contribution in [3.8, 4) is 0 Å². The van der Waals surface area contributed by atoms with E-state index in [1.165, 1.54) is 11.3 Å². The SMILES string of the molecule is CCN(C)Cc1ccc(NC)cc1. The van der Waals surface area contributed by atoms with Gasteiger partial charge in [-0.2, -0.15) is 0 Å². The Morgan fingerprint density at radius 1 is 1.23 bits per heavy atom. The zero-order chi connectivity index (χ0) is 9.68. The van der Waals surface area contributed by atoms with Crippen LogP contribution in [0.1, 0.15) is 12.5 Å². The van der Waals surface area contributed by atoms with Crippen molar-refractivity contribution in [1.29, 1.82) is 0 Å². The second-order valence-corrected chi connectivity index (χ2v) is 3.28. The van der Waals surface area contributed by atoms with Crippen LogP contribution in [0.15, 0.2) is 24.3 Å². The lowest BCUT2D eigenvalue weighted by Crippen LogP contribution is -2.16. The van der Waals surface area contributed by atoms with Gasteiger partial charge in [0.15, 0.2) is 0 Å². The fourth-order valence-electron chi connectivity index (χ4n) is 1.20. The van der Waals surface area contributed by atoms with Gasteiger partial charge in [0.2, 0.25) is 0 Å². The summed E-state index contributed by atoms with van der Waals surface area (Å²) in [5.41, 5.74) is 2.53. The van der Waals surface area contributed by atoms with E-state index in [0.717, 1.165) is 13.1 Å². The van der Waals surface area contributed by atoms with Gasteiger partial charge in [0.1, 0.15) is 0 Å². The lowest BCUT2D eigenvalue weighted by molar-refractivity contribution is 0.346. The first-order valence-electron chi connectivity index (χ1n) is 4.71. The Labute approximate surface area is 80.6 Å². The number of rotatable bonds is 4. The molecule has 0 saturated heterocycles. The molecule has 72 valence electrons. The molecule has 0 aliphatic rings. The molecule has 0 spiro atoms. The van der Waals surface area contributed by atoms with Crippen LogP contribution >= 0.6 is 0 Å². The minimum Gasteiger partial charge on any atom is -0.388 e. The summed E-state index contributed by atoms with van der Waals surface area (Å²) in [6.45, 7) is 4.29. The maximum atomic E-state index is 3.11. The standard InChI is InChI=1S/C11H18N2/c1-4-13(3)9-10-5-7-11(12-2)8-6-10/h5-8,12H,4,9H2,1-3H3. The average Bonchev–Trinajstić information content (AvgIpc) is 2.19. The van der Waals surface area contributed by atoms with Crippen LogP contribution in [0.3, 0.4) is 0 Å². The van der Waals surface area contributed by atoms with Gasteiger partial charge < -0.3 is 10.2 Å². The molecule has 1 N–H and O–H groups in total. The number of nitrogens with zero attached hydrogens (tertiary/aromatic N) is 1. The lowest BCUT2D eigenvalue weighted by atomic mass is 10.2. The Morgan fingerprint density at radius 2 is 1.85 bits per heavy atom. The summed E-state index contributed by atoms with van der Waals surface area (Å²) in [7, 11) is 4.07. The second kappa shape index (κ2) is 4.87. The Hall–Kier alpha value is -1.02. The molecule has 0 heterocycles. The third-order valence-corrected chi connectivity index (χ3v) is 2.23. The van der Waals surface area contributed by atoms with E-state index in [1.54, 1.807) is 0 Å². The highest BCUT2D eigenvalue weighted by Gasteiger charge is 1.96. The summed E-state index contributed by atoms with van der Waals surface area (Å²) >= 11 is 0. The smallest absolute Gasteiger partial charge is 0.0337 e. The van der Waals surface area contributed by atoms with Crippen LogP contribution in [0, 0.1) is 0 Å². The van der Waals surface area contributed by atoms with Gasteiger partial charge in [-0.3, -0.25) is 0 Å². The molecule has 2 heteroatoms. The fourth-order valence-corrected chi connectivity index (χ4v) is 1.20. The number of benzene rings is 1. The predicted molar refractivity (Wildman–Crippen MR) is 58.0 cm³/mol. The molecule has 0 radical (unpaired) electrons. The molecular weight excluding hydrogens is 160 g/mol. The van der Waals surface area contributed by atoms with E-state index < -0.39 is 0 Å². The second-order valence-electron chi connectivity index (χ2n) is 3.28. The van der Waals surface area contributed by atoms with Crippen LogP contribution in [0.4, 0.5) is 5.69 Å². The summed E-state index contributed by atoms with van der Waals surface area (Å²) in [6, 6.07) is 8.55. The summed E-state index contributed by atoms with van der Waals surface area (Å²) in [4.78, 5) is 2.29. The van der Waals surface area contributed by atoms with Gasteiger partial charge in [-0.1, -0.05) is 19.1 Å². The van der Waals surface area contributed by atoms with Crippen molar-refractivity contribution in [3.05, 3.63) is 29.8 Å². The van der Waals surface area contributed by atoms with E-state index in [1.807, 2.05) is 7.05 Å². The van der Waals surface area contributed by atoms with Gasteiger partial charge >= 0.3 is 0 Å². The summed E-state index contributed by atoms with van der Waals surface area (Å²) < 4.78 is 0. The van der Waals surface area contributed by atoms with Crippen molar-refractivity contribution in [2.24, 2.45) is 0 Å². The first-order valence-corrected chi connectivity index (χ1v) is 4.71. The van der Waals surface area contributed by atoms with Crippen LogP contribution in [0.25, 0.3) is 0 Å². The molecule has 0 saturated carbocycles.